The Morgan fingerprint density at radius 3 is 2.94 bits per heavy atom. The predicted molar refractivity (Wildman–Crippen MR) is 74.8 cm³/mol. The van der Waals surface area contributed by atoms with Gasteiger partial charge in [-0.25, -0.2) is 0 Å². The number of nitrogens with one attached hydrogen (secondary N) is 1. The third-order valence-corrected chi connectivity index (χ3v) is 3.71. The smallest absolute Gasteiger partial charge is 0.0596 e. The van der Waals surface area contributed by atoms with Gasteiger partial charge in [-0.3, -0.25) is 4.68 Å². The lowest BCUT2D eigenvalue weighted by molar-refractivity contribution is 0.226. The van der Waals surface area contributed by atoms with E-state index in [1.54, 1.807) is 0 Å². The Hall–Kier alpha value is -0.870. The second kappa shape index (κ2) is 6.34. The third kappa shape index (κ3) is 3.82. The summed E-state index contributed by atoms with van der Waals surface area (Å²) in [7, 11) is 2.21. The Balaban J connectivity index is 1.65. The van der Waals surface area contributed by atoms with E-state index in [1.165, 1.54) is 31.6 Å². The fourth-order valence-corrected chi connectivity index (χ4v) is 2.77. The first kappa shape index (κ1) is 13.6. The lowest BCUT2D eigenvalue weighted by atomic mass is 10.1. The number of hydrogen-bond donors (Lipinski definition) is 1. The van der Waals surface area contributed by atoms with Crippen LogP contribution in [0.2, 0.25) is 0 Å². The highest BCUT2D eigenvalue weighted by atomic mass is 15.3. The van der Waals surface area contributed by atoms with Crippen LogP contribution in [0.15, 0.2) is 6.07 Å². The van der Waals surface area contributed by atoms with Gasteiger partial charge >= 0.3 is 0 Å². The van der Waals surface area contributed by atoms with Crippen LogP contribution in [0.1, 0.15) is 30.7 Å². The maximum atomic E-state index is 4.49. The molecule has 0 aromatic carbocycles. The van der Waals surface area contributed by atoms with E-state index in [0.29, 0.717) is 6.04 Å². The van der Waals surface area contributed by atoms with E-state index < -0.39 is 0 Å². The Morgan fingerprint density at radius 1 is 1.44 bits per heavy atom. The normalized spacial score (nSPS) is 21.4. The molecular weight excluding hydrogens is 224 g/mol. The molecule has 1 fully saturated rings. The molecule has 1 aliphatic heterocycles. The SMILES string of the molecule is Cc1cc(C)n(CCCNC2CCCN(C)C2)n1. The summed E-state index contributed by atoms with van der Waals surface area (Å²) < 4.78 is 2.12. The number of aryl methyl sites for hydroxylation is 3. The molecule has 0 saturated carbocycles. The summed E-state index contributed by atoms with van der Waals surface area (Å²) >= 11 is 0. The summed E-state index contributed by atoms with van der Waals surface area (Å²) in [6.07, 6.45) is 3.80. The van der Waals surface area contributed by atoms with Crippen molar-refractivity contribution in [2.24, 2.45) is 0 Å². The molecule has 1 aliphatic rings. The molecule has 1 atom stereocenters. The van der Waals surface area contributed by atoms with Crippen molar-refractivity contribution in [2.45, 2.75) is 45.7 Å². The van der Waals surface area contributed by atoms with Gasteiger partial charge in [0, 0.05) is 24.8 Å². The first-order chi connectivity index (χ1) is 8.65. The third-order valence-electron chi connectivity index (χ3n) is 3.71. The molecule has 2 heterocycles. The number of hydrogen-bond acceptors (Lipinski definition) is 3. The van der Waals surface area contributed by atoms with Crippen LogP contribution < -0.4 is 5.32 Å². The van der Waals surface area contributed by atoms with Gasteiger partial charge in [0.15, 0.2) is 0 Å². The molecule has 0 radical (unpaired) electrons. The van der Waals surface area contributed by atoms with Gasteiger partial charge in [0.1, 0.15) is 0 Å². The molecule has 4 nitrogen and oxygen atoms in total. The topological polar surface area (TPSA) is 33.1 Å². The molecule has 2 rings (SSSR count). The van der Waals surface area contributed by atoms with E-state index in [0.717, 1.165) is 25.2 Å². The number of aromatic nitrogens is 2. The van der Waals surface area contributed by atoms with Gasteiger partial charge in [-0.2, -0.15) is 5.10 Å². The van der Waals surface area contributed by atoms with Crippen LogP contribution in [0.5, 0.6) is 0 Å². The van der Waals surface area contributed by atoms with E-state index in [2.05, 4.69) is 47.0 Å². The highest BCUT2D eigenvalue weighted by Crippen LogP contribution is 2.08. The highest BCUT2D eigenvalue weighted by molar-refractivity contribution is 5.06. The predicted octanol–water partition coefficient (Wildman–Crippen LogP) is 1.57. The Kier molecular flexibility index (Phi) is 4.78. The van der Waals surface area contributed by atoms with Crippen LogP contribution in [-0.2, 0) is 6.54 Å². The van der Waals surface area contributed by atoms with E-state index in [-0.39, 0.29) is 0 Å². The zero-order chi connectivity index (χ0) is 13.0. The summed E-state index contributed by atoms with van der Waals surface area (Å²) in [4.78, 5) is 2.42. The van der Waals surface area contributed by atoms with Crippen molar-refractivity contribution in [3.05, 3.63) is 17.5 Å². The number of nitrogens with zero attached hydrogens (tertiary/aromatic N) is 3. The molecule has 0 amide bonds. The fraction of sp³-hybridized carbons (Fsp3) is 0.786. The monoisotopic (exact) mass is 250 g/mol. The molecule has 0 spiro atoms. The molecule has 1 N–H and O–H groups in total. The molecule has 1 aromatic rings. The first-order valence-electron chi connectivity index (χ1n) is 7.08. The molecule has 0 aliphatic carbocycles. The average molecular weight is 250 g/mol. The minimum Gasteiger partial charge on any atom is -0.313 e. The number of rotatable bonds is 5. The first-order valence-corrected chi connectivity index (χ1v) is 7.08. The summed E-state index contributed by atoms with van der Waals surface area (Å²) in [5.74, 6) is 0. The van der Waals surface area contributed by atoms with Crippen LogP contribution >= 0.6 is 0 Å². The largest absolute Gasteiger partial charge is 0.313 e. The summed E-state index contributed by atoms with van der Waals surface area (Å²) in [5.41, 5.74) is 2.39. The molecule has 1 unspecified atom stereocenters. The van der Waals surface area contributed by atoms with Crippen LogP contribution in [0.4, 0.5) is 0 Å². The number of likely N-dealkylation sites (N-methyl/N-ethyl adjacent to an activating group) is 1. The van der Waals surface area contributed by atoms with Gasteiger partial charge in [0.25, 0.3) is 0 Å². The second-order valence-electron chi connectivity index (χ2n) is 5.56. The van der Waals surface area contributed by atoms with Crippen LogP contribution in [-0.4, -0.2) is 47.4 Å². The van der Waals surface area contributed by atoms with Gasteiger partial charge in [0.05, 0.1) is 5.69 Å². The van der Waals surface area contributed by atoms with Crippen molar-refractivity contribution in [3.63, 3.8) is 0 Å². The van der Waals surface area contributed by atoms with Crippen molar-refractivity contribution < 1.29 is 0 Å². The van der Waals surface area contributed by atoms with Crippen molar-refractivity contribution in [1.29, 1.82) is 0 Å². The maximum Gasteiger partial charge on any atom is 0.0596 e. The lowest BCUT2D eigenvalue weighted by Gasteiger charge is -2.30. The van der Waals surface area contributed by atoms with Crippen molar-refractivity contribution in [2.75, 3.05) is 26.7 Å². The Morgan fingerprint density at radius 2 is 2.28 bits per heavy atom. The minimum atomic E-state index is 0.684. The van der Waals surface area contributed by atoms with Crippen LogP contribution in [0.25, 0.3) is 0 Å². The second-order valence-corrected chi connectivity index (χ2v) is 5.56. The lowest BCUT2D eigenvalue weighted by Crippen LogP contribution is -2.44. The zero-order valence-corrected chi connectivity index (χ0v) is 11.9. The molecule has 18 heavy (non-hydrogen) atoms. The minimum absolute atomic E-state index is 0.684. The Labute approximate surface area is 110 Å². The van der Waals surface area contributed by atoms with Crippen molar-refractivity contribution >= 4 is 0 Å². The van der Waals surface area contributed by atoms with E-state index in [9.17, 15) is 0 Å². The maximum absolute atomic E-state index is 4.49. The van der Waals surface area contributed by atoms with Gasteiger partial charge in [-0.05, 0) is 59.3 Å². The van der Waals surface area contributed by atoms with Crippen molar-refractivity contribution in [3.8, 4) is 0 Å². The standard InChI is InChI=1S/C14H26N4/c1-12-10-13(2)18(16-12)9-5-7-15-14-6-4-8-17(3)11-14/h10,14-15H,4-9,11H2,1-3H3. The quantitative estimate of drug-likeness (QED) is 0.805. The number of piperidine rings is 1. The highest BCUT2D eigenvalue weighted by Gasteiger charge is 2.15. The average Bonchev–Trinajstić information content (AvgIpc) is 2.64. The summed E-state index contributed by atoms with van der Waals surface area (Å²) in [5, 5.41) is 8.15. The molecule has 0 bridgehead atoms. The van der Waals surface area contributed by atoms with E-state index in [4.69, 9.17) is 0 Å². The van der Waals surface area contributed by atoms with Crippen LogP contribution in [0, 0.1) is 13.8 Å². The van der Waals surface area contributed by atoms with Crippen molar-refractivity contribution in [1.82, 2.24) is 20.0 Å². The number of likely N-dealkylation sites (tertiary alicyclic amines) is 1. The Bertz CT molecular complexity index is 372. The van der Waals surface area contributed by atoms with Gasteiger partial charge in [-0.1, -0.05) is 0 Å². The molecule has 1 aromatic heterocycles. The molecule has 4 heteroatoms. The van der Waals surface area contributed by atoms with Crippen LogP contribution in [0.3, 0.4) is 0 Å². The molecule has 102 valence electrons. The molecule has 1 saturated heterocycles. The zero-order valence-electron chi connectivity index (χ0n) is 11.9. The van der Waals surface area contributed by atoms with Gasteiger partial charge < -0.3 is 10.2 Å². The molecular formula is C14H26N4. The summed E-state index contributed by atoms with van der Waals surface area (Å²) in [6.45, 7) is 8.75. The van der Waals surface area contributed by atoms with Gasteiger partial charge in [0.2, 0.25) is 0 Å². The summed E-state index contributed by atoms with van der Waals surface area (Å²) in [6, 6.07) is 2.83. The van der Waals surface area contributed by atoms with E-state index >= 15 is 0 Å². The fourth-order valence-electron chi connectivity index (χ4n) is 2.77. The van der Waals surface area contributed by atoms with E-state index in [1.807, 2.05) is 0 Å². The van der Waals surface area contributed by atoms with Gasteiger partial charge in [-0.15, -0.1) is 0 Å².